The van der Waals surface area contributed by atoms with Gasteiger partial charge in [0, 0.05) is 9.13 Å². The Kier molecular flexibility index (Phi) is 4.13. The van der Waals surface area contributed by atoms with Crippen LogP contribution in [-0.2, 0) is 0 Å². The maximum Gasteiger partial charge on any atom is 0.256 e. The van der Waals surface area contributed by atoms with Crippen LogP contribution in [0, 0.1) is 9.52 Å². The van der Waals surface area contributed by atoms with Crippen LogP contribution in [0.5, 0.6) is 0 Å². The van der Waals surface area contributed by atoms with Gasteiger partial charge in [-0.05, 0) is 52.9 Å². The summed E-state index contributed by atoms with van der Waals surface area (Å²) in [7, 11) is 0. The van der Waals surface area contributed by atoms with Gasteiger partial charge in [0.05, 0.1) is 5.02 Å². The van der Waals surface area contributed by atoms with Crippen molar-refractivity contribution in [2.75, 3.05) is 5.32 Å². The largest absolute Gasteiger partial charge is 0.306 e. The highest BCUT2D eigenvalue weighted by Gasteiger charge is 2.09. The number of rotatable bonds is 2. The molecule has 0 unspecified atom stereocenters. The van der Waals surface area contributed by atoms with Gasteiger partial charge in [0.2, 0.25) is 5.95 Å². The lowest BCUT2D eigenvalue weighted by Gasteiger charge is -2.05. The molecule has 0 spiro atoms. The van der Waals surface area contributed by atoms with E-state index in [1.54, 1.807) is 18.2 Å². The zero-order valence-corrected chi connectivity index (χ0v) is 11.9. The normalized spacial score (nSPS) is 10.2. The summed E-state index contributed by atoms with van der Waals surface area (Å²) in [5.74, 6) is -0.866. The number of carbonyl (C=O) groups is 1. The highest BCUT2D eigenvalue weighted by Crippen LogP contribution is 2.20. The van der Waals surface area contributed by atoms with Gasteiger partial charge < -0.3 is 5.32 Å². The summed E-state index contributed by atoms with van der Waals surface area (Å²) < 4.78 is 13.7. The highest BCUT2D eigenvalue weighted by molar-refractivity contribution is 14.1. The molecule has 0 aliphatic heterocycles. The molecule has 0 atom stereocenters. The first-order valence-electron chi connectivity index (χ1n) is 4.95. The fourth-order valence-electron chi connectivity index (χ4n) is 1.30. The average molecular weight is 377 g/mol. The van der Waals surface area contributed by atoms with Crippen molar-refractivity contribution in [3.63, 3.8) is 0 Å². The Hall–Kier alpha value is -1.21. The summed E-state index contributed by atoms with van der Waals surface area (Å²) in [6, 6.07) is 9.11. The van der Waals surface area contributed by atoms with E-state index >= 15 is 0 Å². The van der Waals surface area contributed by atoms with E-state index in [-0.39, 0.29) is 11.7 Å². The van der Waals surface area contributed by atoms with E-state index in [1.165, 1.54) is 18.2 Å². The zero-order chi connectivity index (χ0) is 13.1. The van der Waals surface area contributed by atoms with Crippen molar-refractivity contribution in [3.05, 3.63) is 56.5 Å². The molecule has 1 aromatic carbocycles. The first-order chi connectivity index (χ1) is 8.56. The summed E-state index contributed by atoms with van der Waals surface area (Å²) in [6.07, 6.45) is 0. The minimum atomic E-state index is -0.645. The number of halogens is 3. The van der Waals surface area contributed by atoms with Gasteiger partial charge in [-0.1, -0.05) is 17.7 Å². The molecule has 0 saturated heterocycles. The van der Waals surface area contributed by atoms with Gasteiger partial charge in [0.15, 0.2) is 0 Å². The molecular weight excluding hydrogens is 370 g/mol. The number of aromatic nitrogens is 1. The topological polar surface area (TPSA) is 42.0 Å². The molecule has 1 aromatic heterocycles. The van der Waals surface area contributed by atoms with Gasteiger partial charge >= 0.3 is 0 Å². The zero-order valence-electron chi connectivity index (χ0n) is 8.95. The minimum Gasteiger partial charge on any atom is -0.306 e. The summed E-state index contributed by atoms with van der Waals surface area (Å²) in [6.45, 7) is 0. The van der Waals surface area contributed by atoms with Crippen molar-refractivity contribution >= 4 is 45.9 Å². The molecule has 92 valence electrons. The lowest BCUT2D eigenvalue weighted by atomic mass is 10.2. The van der Waals surface area contributed by atoms with E-state index < -0.39 is 5.95 Å². The standard InChI is InChI=1S/C12H7ClFIN2O/c13-8-6-7(4-5-9(8)15)12(18)17-11-3-1-2-10(14)16-11/h1-6H,(H,16,17,18). The molecule has 1 amide bonds. The Bertz CT molecular complexity index is 606. The molecular formula is C12H7ClFIN2O. The Balaban J connectivity index is 2.19. The van der Waals surface area contributed by atoms with Gasteiger partial charge in [-0.15, -0.1) is 0 Å². The van der Waals surface area contributed by atoms with Crippen LogP contribution in [0.2, 0.25) is 5.02 Å². The van der Waals surface area contributed by atoms with E-state index in [2.05, 4.69) is 32.9 Å². The first-order valence-corrected chi connectivity index (χ1v) is 6.41. The van der Waals surface area contributed by atoms with E-state index in [0.29, 0.717) is 10.6 Å². The van der Waals surface area contributed by atoms with Gasteiger partial charge in [-0.25, -0.2) is 4.98 Å². The summed E-state index contributed by atoms with van der Waals surface area (Å²) >= 11 is 7.99. The van der Waals surface area contributed by atoms with E-state index in [1.807, 2.05) is 0 Å². The molecule has 0 aliphatic carbocycles. The SMILES string of the molecule is O=C(Nc1cccc(F)n1)c1ccc(I)c(Cl)c1. The minimum absolute atomic E-state index is 0.162. The predicted molar refractivity (Wildman–Crippen MR) is 76.3 cm³/mol. The van der Waals surface area contributed by atoms with Crippen LogP contribution < -0.4 is 5.32 Å². The molecule has 0 aliphatic rings. The lowest BCUT2D eigenvalue weighted by Crippen LogP contribution is -2.13. The summed E-state index contributed by atoms with van der Waals surface area (Å²) in [4.78, 5) is 15.4. The number of nitrogens with one attached hydrogen (secondary N) is 1. The molecule has 0 bridgehead atoms. The molecule has 2 aromatic rings. The van der Waals surface area contributed by atoms with Crippen molar-refractivity contribution < 1.29 is 9.18 Å². The van der Waals surface area contributed by atoms with Crippen molar-refractivity contribution in [1.29, 1.82) is 0 Å². The van der Waals surface area contributed by atoms with E-state index in [0.717, 1.165) is 3.57 Å². The van der Waals surface area contributed by atoms with Gasteiger partial charge in [0.1, 0.15) is 5.82 Å². The second-order valence-electron chi connectivity index (χ2n) is 3.43. The molecule has 6 heteroatoms. The summed E-state index contributed by atoms with van der Waals surface area (Å²) in [5, 5.41) is 2.99. The number of hydrogen-bond donors (Lipinski definition) is 1. The molecule has 0 saturated carbocycles. The number of amides is 1. The molecule has 0 radical (unpaired) electrons. The monoisotopic (exact) mass is 376 g/mol. The van der Waals surface area contributed by atoms with Crippen LogP contribution >= 0.6 is 34.2 Å². The number of nitrogens with zero attached hydrogens (tertiary/aromatic N) is 1. The van der Waals surface area contributed by atoms with Gasteiger partial charge in [0.25, 0.3) is 5.91 Å². The second-order valence-corrected chi connectivity index (χ2v) is 5.00. The van der Waals surface area contributed by atoms with Gasteiger partial charge in [-0.3, -0.25) is 4.79 Å². The number of anilines is 1. The second kappa shape index (κ2) is 5.62. The molecule has 1 heterocycles. The van der Waals surface area contributed by atoms with E-state index in [9.17, 15) is 9.18 Å². The van der Waals surface area contributed by atoms with Crippen LogP contribution in [0.15, 0.2) is 36.4 Å². The quantitative estimate of drug-likeness (QED) is 0.641. The molecule has 2 rings (SSSR count). The third-order valence-corrected chi connectivity index (χ3v) is 3.71. The molecule has 1 N–H and O–H groups in total. The van der Waals surface area contributed by atoms with Crippen molar-refractivity contribution in [3.8, 4) is 0 Å². The fourth-order valence-corrected chi connectivity index (χ4v) is 1.82. The molecule has 0 fully saturated rings. The molecule has 18 heavy (non-hydrogen) atoms. The first kappa shape index (κ1) is 13.2. The third-order valence-electron chi connectivity index (χ3n) is 2.14. The van der Waals surface area contributed by atoms with Crippen LogP contribution in [0.3, 0.4) is 0 Å². The van der Waals surface area contributed by atoms with Crippen molar-refractivity contribution in [2.45, 2.75) is 0 Å². The maximum atomic E-state index is 12.9. The fraction of sp³-hybridized carbons (Fsp3) is 0. The lowest BCUT2D eigenvalue weighted by molar-refractivity contribution is 0.102. The van der Waals surface area contributed by atoms with Crippen LogP contribution in [-0.4, -0.2) is 10.9 Å². The average Bonchev–Trinajstić information content (AvgIpc) is 2.32. The summed E-state index contributed by atoms with van der Waals surface area (Å²) in [5.41, 5.74) is 0.395. The smallest absolute Gasteiger partial charge is 0.256 e. The Morgan fingerprint density at radius 3 is 2.78 bits per heavy atom. The number of carbonyl (C=O) groups excluding carboxylic acids is 1. The van der Waals surface area contributed by atoms with Crippen molar-refractivity contribution in [1.82, 2.24) is 4.98 Å². The number of pyridine rings is 1. The predicted octanol–water partition coefficient (Wildman–Crippen LogP) is 3.73. The Morgan fingerprint density at radius 2 is 2.11 bits per heavy atom. The third kappa shape index (κ3) is 3.17. The maximum absolute atomic E-state index is 12.9. The van der Waals surface area contributed by atoms with Crippen LogP contribution in [0.25, 0.3) is 0 Å². The Labute approximate surface area is 122 Å². The van der Waals surface area contributed by atoms with Crippen LogP contribution in [0.1, 0.15) is 10.4 Å². The Morgan fingerprint density at radius 1 is 1.33 bits per heavy atom. The van der Waals surface area contributed by atoms with Crippen LogP contribution in [0.4, 0.5) is 10.2 Å². The number of benzene rings is 1. The van der Waals surface area contributed by atoms with E-state index in [4.69, 9.17) is 11.6 Å². The molecule has 3 nitrogen and oxygen atoms in total. The van der Waals surface area contributed by atoms with Crippen molar-refractivity contribution in [2.24, 2.45) is 0 Å². The van der Waals surface area contributed by atoms with Gasteiger partial charge in [-0.2, -0.15) is 4.39 Å². The highest BCUT2D eigenvalue weighted by atomic mass is 127. The number of hydrogen-bond acceptors (Lipinski definition) is 2.